The van der Waals surface area contributed by atoms with E-state index in [1.165, 1.54) is 37.0 Å². The van der Waals surface area contributed by atoms with E-state index >= 15 is 0 Å². The first kappa shape index (κ1) is 14.6. The van der Waals surface area contributed by atoms with Crippen LogP contribution in [0.1, 0.15) is 48.2 Å². The lowest BCUT2D eigenvalue weighted by Gasteiger charge is -2.29. The van der Waals surface area contributed by atoms with Crippen molar-refractivity contribution < 1.29 is 4.79 Å². The van der Waals surface area contributed by atoms with Crippen LogP contribution in [-0.4, -0.2) is 42.5 Å². The SMILES string of the molecule is CN(C)c1nc(N)c(C(=O)N2CCCC2C2CCCC2)s1. The molecule has 1 aliphatic heterocycles. The second-order valence-corrected chi connectivity index (χ2v) is 7.34. The summed E-state index contributed by atoms with van der Waals surface area (Å²) in [6, 6.07) is 0.421. The molecule has 2 aliphatic rings. The number of likely N-dealkylation sites (tertiary alicyclic amines) is 1. The van der Waals surface area contributed by atoms with Crippen molar-refractivity contribution in [2.24, 2.45) is 5.92 Å². The molecule has 2 N–H and O–H groups in total. The van der Waals surface area contributed by atoms with Gasteiger partial charge in [-0.1, -0.05) is 24.2 Å². The average molecular weight is 308 g/mol. The van der Waals surface area contributed by atoms with Gasteiger partial charge in [-0.15, -0.1) is 0 Å². The molecular weight excluding hydrogens is 284 g/mol. The van der Waals surface area contributed by atoms with Crippen molar-refractivity contribution >= 4 is 28.2 Å². The number of anilines is 2. The molecule has 1 aliphatic carbocycles. The molecule has 0 radical (unpaired) electrons. The van der Waals surface area contributed by atoms with Crippen molar-refractivity contribution in [1.82, 2.24) is 9.88 Å². The molecule has 21 heavy (non-hydrogen) atoms. The van der Waals surface area contributed by atoms with E-state index in [4.69, 9.17) is 5.73 Å². The fourth-order valence-corrected chi connectivity index (χ4v) is 4.54. The average Bonchev–Trinajstić information content (AvgIpc) is 3.17. The highest BCUT2D eigenvalue weighted by atomic mass is 32.1. The number of amides is 1. The van der Waals surface area contributed by atoms with Gasteiger partial charge in [-0.3, -0.25) is 4.79 Å². The van der Waals surface area contributed by atoms with Gasteiger partial charge in [-0.25, -0.2) is 4.98 Å². The predicted octanol–water partition coefficient (Wildman–Crippen LogP) is 2.59. The van der Waals surface area contributed by atoms with Crippen molar-refractivity contribution in [3.63, 3.8) is 0 Å². The zero-order chi connectivity index (χ0) is 15.0. The van der Waals surface area contributed by atoms with Crippen LogP contribution in [0.15, 0.2) is 0 Å². The van der Waals surface area contributed by atoms with Crippen LogP contribution in [0.25, 0.3) is 0 Å². The van der Waals surface area contributed by atoms with Gasteiger partial charge < -0.3 is 15.5 Å². The Morgan fingerprint density at radius 2 is 2.00 bits per heavy atom. The Morgan fingerprint density at radius 3 is 2.62 bits per heavy atom. The van der Waals surface area contributed by atoms with Gasteiger partial charge in [0.1, 0.15) is 10.7 Å². The Hall–Kier alpha value is -1.30. The number of hydrogen-bond donors (Lipinski definition) is 1. The molecule has 0 bridgehead atoms. The highest BCUT2D eigenvalue weighted by molar-refractivity contribution is 7.18. The third-order valence-electron chi connectivity index (χ3n) is 4.72. The fourth-order valence-electron chi connectivity index (χ4n) is 3.67. The fraction of sp³-hybridized carbons (Fsp3) is 0.733. The third-order valence-corrected chi connectivity index (χ3v) is 5.95. The number of nitrogen functional groups attached to an aromatic ring is 1. The summed E-state index contributed by atoms with van der Waals surface area (Å²) in [7, 11) is 3.84. The minimum Gasteiger partial charge on any atom is -0.382 e. The summed E-state index contributed by atoms with van der Waals surface area (Å²) in [4.78, 5) is 21.8. The molecule has 2 heterocycles. The summed E-state index contributed by atoms with van der Waals surface area (Å²) in [5.74, 6) is 1.16. The van der Waals surface area contributed by atoms with E-state index in [-0.39, 0.29) is 5.91 Å². The largest absolute Gasteiger partial charge is 0.382 e. The van der Waals surface area contributed by atoms with Crippen molar-refractivity contribution in [2.45, 2.75) is 44.6 Å². The maximum Gasteiger partial charge on any atom is 0.268 e. The van der Waals surface area contributed by atoms with Crippen LogP contribution < -0.4 is 10.6 Å². The second kappa shape index (κ2) is 5.83. The Kier molecular flexibility index (Phi) is 4.06. The Bertz CT molecular complexity index is 522. The summed E-state index contributed by atoms with van der Waals surface area (Å²) in [5.41, 5.74) is 5.97. The number of nitrogens with two attached hydrogens (primary N) is 1. The van der Waals surface area contributed by atoms with E-state index in [1.54, 1.807) is 0 Å². The van der Waals surface area contributed by atoms with Crippen LogP contribution in [0.4, 0.5) is 10.9 Å². The zero-order valence-corrected chi connectivity index (χ0v) is 13.7. The molecule has 3 rings (SSSR count). The molecule has 1 saturated heterocycles. The van der Waals surface area contributed by atoms with E-state index in [2.05, 4.69) is 9.88 Å². The van der Waals surface area contributed by atoms with E-state index in [0.29, 0.717) is 22.7 Å². The minimum absolute atomic E-state index is 0.0903. The number of thiazole rings is 1. The number of carbonyl (C=O) groups is 1. The molecule has 1 saturated carbocycles. The lowest BCUT2D eigenvalue weighted by Crippen LogP contribution is -2.39. The van der Waals surface area contributed by atoms with Crippen molar-refractivity contribution in [3.8, 4) is 0 Å². The number of nitrogens with zero attached hydrogens (tertiary/aromatic N) is 3. The van der Waals surface area contributed by atoms with Gasteiger partial charge >= 0.3 is 0 Å². The molecule has 5 nitrogen and oxygen atoms in total. The Balaban J connectivity index is 1.80. The monoisotopic (exact) mass is 308 g/mol. The van der Waals surface area contributed by atoms with Gasteiger partial charge in [0.2, 0.25) is 0 Å². The van der Waals surface area contributed by atoms with Crippen LogP contribution in [0.5, 0.6) is 0 Å². The summed E-state index contributed by atoms with van der Waals surface area (Å²) in [6.45, 7) is 0.870. The molecule has 1 unspecified atom stereocenters. The first-order valence-electron chi connectivity index (χ1n) is 7.82. The van der Waals surface area contributed by atoms with Crippen LogP contribution in [0.3, 0.4) is 0 Å². The molecule has 0 aromatic carbocycles. The number of rotatable bonds is 3. The standard InChI is InChI=1S/C15H24N4OS/c1-18(2)15-17-13(16)12(21-15)14(20)19-9-5-8-11(19)10-6-3-4-7-10/h10-11H,3-9,16H2,1-2H3. The van der Waals surface area contributed by atoms with Crippen molar-refractivity contribution in [1.29, 1.82) is 0 Å². The first-order chi connectivity index (χ1) is 10.1. The summed E-state index contributed by atoms with van der Waals surface area (Å²) in [6.07, 6.45) is 7.44. The topological polar surface area (TPSA) is 62.5 Å². The highest BCUT2D eigenvalue weighted by Gasteiger charge is 2.37. The molecule has 116 valence electrons. The number of carbonyl (C=O) groups excluding carboxylic acids is 1. The quantitative estimate of drug-likeness (QED) is 0.932. The summed E-state index contributed by atoms with van der Waals surface area (Å²) >= 11 is 1.41. The maximum atomic E-state index is 12.9. The van der Waals surface area contributed by atoms with Crippen LogP contribution >= 0.6 is 11.3 Å². The van der Waals surface area contributed by atoms with Crippen LogP contribution in [0, 0.1) is 5.92 Å². The van der Waals surface area contributed by atoms with E-state index in [1.807, 2.05) is 19.0 Å². The lowest BCUT2D eigenvalue weighted by molar-refractivity contribution is 0.0695. The van der Waals surface area contributed by atoms with Crippen molar-refractivity contribution in [3.05, 3.63) is 4.88 Å². The van der Waals surface area contributed by atoms with Gasteiger partial charge in [0.15, 0.2) is 5.13 Å². The van der Waals surface area contributed by atoms with Gasteiger partial charge in [0.25, 0.3) is 5.91 Å². The summed E-state index contributed by atoms with van der Waals surface area (Å²) < 4.78 is 0. The van der Waals surface area contributed by atoms with Crippen LogP contribution in [0.2, 0.25) is 0 Å². The Labute approximate surface area is 130 Å². The highest BCUT2D eigenvalue weighted by Crippen LogP contribution is 2.37. The third kappa shape index (κ3) is 2.73. The molecule has 1 aromatic rings. The number of aromatic nitrogens is 1. The Morgan fingerprint density at radius 1 is 1.29 bits per heavy atom. The van der Waals surface area contributed by atoms with E-state index in [9.17, 15) is 4.79 Å². The number of hydrogen-bond acceptors (Lipinski definition) is 5. The van der Waals surface area contributed by atoms with Crippen LogP contribution in [-0.2, 0) is 0 Å². The lowest BCUT2D eigenvalue weighted by atomic mass is 9.96. The molecule has 2 fully saturated rings. The van der Waals surface area contributed by atoms with Gasteiger partial charge in [0.05, 0.1) is 0 Å². The summed E-state index contributed by atoms with van der Waals surface area (Å²) in [5, 5.41) is 0.799. The second-order valence-electron chi connectivity index (χ2n) is 6.36. The first-order valence-corrected chi connectivity index (χ1v) is 8.64. The molecular formula is C15H24N4OS. The molecule has 6 heteroatoms. The molecule has 1 amide bonds. The molecule has 0 spiro atoms. The van der Waals surface area contributed by atoms with Gasteiger partial charge in [-0.05, 0) is 31.6 Å². The molecule has 1 atom stereocenters. The van der Waals surface area contributed by atoms with E-state index < -0.39 is 0 Å². The van der Waals surface area contributed by atoms with Gasteiger partial charge in [0, 0.05) is 26.7 Å². The normalized spacial score (nSPS) is 23.0. The molecule has 1 aromatic heterocycles. The predicted molar refractivity (Wildman–Crippen MR) is 86.9 cm³/mol. The minimum atomic E-state index is 0.0903. The van der Waals surface area contributed by atoms with Crippen molar-refractivity contribution in [2.75, 3.05) is 31.3 Å². The maximum absolute atomic E-state index is 12.9. The zero-order valence-electron chi connectivity index (χ0n) is 12.8. The smallest absolute Gasteiger partial charge is 0.268 e. The van der Waals surface area contributed by atoms with Gasteiger partial charge in [-0.2, -0.15) is 0 Å². The van der Waals surface area contributed by atoms with E-state index in [0.717, 1.165) is 24.5 Å².